The lowest BCUT2D eigenvalue weighted by Crippen LogP contribution is -2.48. The molecule has 3 rings (SSSR count). The van der Waals surface area contributed by atoms with E-state index in [1.807, 2.05) is 0 Å². The molecule has 18 heavy (non-hydrogen) atoms. The molecule has 2 aromatic heterocycles. The Morgan fingerprint density at radius 3 is 2.67 bits per heavy atom. The van der Waals surface area contributed by atoms with E-state index in [0.29, 0.717) is 36.3 Å². The van der Waals surface area contributed by atoms with E-state index in [9.17, 15) is 4.79 Å². The highest BCUT2D eigenvalue weighted by atomic mass is 16.5. The van der Waals surface area contributed by atoms with Crippen molar-refractivity contribution in [2.24, 2.45) is 0 Å². The van der Waals surface area contributed by atoms with Crippen molar-refractivity contribution in [1.82, 2.24) is 20.2 Å². The monoisotopic (exact) mass is 248 g/mol. The van der Waals surface area contributed by atoms with Gasteiger partial charge in [-0.3, -0.25) is 4.79 Å². The second kappa shape index (κ2) is 3.94. The van der Waals surface area contributed by atoms with Gasteiger partial charge in [0.1, 0.15) is 5.76 Å². The van der Waals surface area contributed by atoms with Gasteiger partial charge in [-0.05, 0) is 13.8 Å². The number of amides is 1. The lowest BCUT2D eigenvalue weighted by molar-refractivity contribution is 0.0558. The molecule has 1 aliphatic rings. The van der Waals surface area contributed by atoms with Gasteiger partial charge in [0.05, 0.1) is 5.92 Å². The van der Waals surface area contributed by atoms with Gasteiger partial charge in [-0.15, -0.1) is 0 Å². The summed E-state index contributed by atoms with van der Waals surface area (Å²) in [5, 5.41) is 7.44. The summed E-state index contributed by atoms with van der Waals surface area (Å²) in [6, 6.07) is 1.63. The zero-order chi connectivity index (χ0) is 12.7. The molecule has 3 heterocycles. The third kappa shape index (κ3) is 1.77. The molecule has 1 amide bonds. The van der Waals surface area contributed by atoms with Gasteiger partial charge in [0.2, 0.25) is 5.89 Å². The van der Waals surface area contributed by atoms with Crippen molar-refractivity contribution in [3.8, 4) is 0 Å². The molecule has 1 aliphatic heterocycles. The first-order chi connectivity index (χ1) is 8.63. The highest BCUT2D eigenvalue weighted by molar-refractivity contribution is 5.92. The molecule has 1 saturated heterocycles. The Labute approximate surface area is 103 Å². The normalized spacial score (nSPS) is 15.8. The van der Waals surface area contributed by atoms with Crippen LogP contribution in [0.1, 0.15) is 33.9 Å². The second-order valence-corrected chi connectivity index (χ2v) is 4.41. The van der Waals surface area contributed by atoms with E-state index in [1.165, 1.54) is 0 Å². The first-order valence-corrected chi connectivity index (χ1v) is 5.66. The highest BCUT2D eigenvalue weighted by Crippen LogP contribution is 2.26. The van der Waals surface area contributed by atoms with E-state index < -0.39 is 0 Å². The standard InChI is InChI=1S/C11H12N4O3/c1-6-3-9(14-17-6)11(16)15-4-8(5-15)10-12-7(2)13-18-10/h3,8H,4-5H2,1-2H3. The van der Waals surface area contributed by atoms with E-state index in [2.05, 4.69) is 15.3 Å². The van der Waals surface area contributed by atoms with Crippen LogP contribution in [0.15, 0.2) is 15.1 Å². The van der Waals surface area contributed by atoms with Crippen molar-refractivity contribution in [2.45, 2.75) is 19.8 Å². The number of aryl methyl sites for hydroxylation is 2. The van der Waals surface area contributed by atoms with Gasteiger partial charge in [-0.1, -0.05) is 10.3 Å². The third-order valence-corrected chi connectivity index (χ3v) is 2.91. The molecular weight excluding hydrogens is 236 g/mol. The molecule has 0 radical (unpaired) electrons. The van der Waals surface area contributed by atoms with Crippen LogP contribution in [-0.4, -0.2) is 39.2 Å². The Bertz CT molecular complexity index is 583. The fourth-order valence-electron chi connectivity index (χ4n) is 1.91. The number of hydrogen-bond donors (Lipinski definition) is 0. The minimum Gasteiger partial charge on any atom is -0.361 e. The maximum Gasteiger partial charge on any atom is 0.276 e. The largest absolute Gasteiger partial charge is 0.361 e. The van der Waals surface area contributed by atoms with Crippen molar-refractivity contribution in [3.05, 3.63) is 29.2 Å². The molecule has 0 unspecified atom stereocenters. The predicted octanol–water partition coefficient (Wildman–Crippen LogP) is 0.914. The van der Waals surface area contributed by atoms with Crippen LogP contribution in [-0.2, 0) is 0 Å². The minimum absolute atomic E-state index is 0.126. The maximum atomic E-state index is 12.0. The molecule has 0 aromatic carbocycles. The fourth-order valence-corrected chi connectivity index (χ4v) is 1.91. The van der Waals surface area contributed by atoms with Crippen LogP contribution >= 0.6 is 0 Å². The van der Waals surface area contributed by atoms with Gasteiger partial charge in [0.15, 0.2) is 11.5 Å². The summed E-state index contributed by atoms with van der Waals surface area (Å²) in [5.41, 5.74) is 0.340. The van der Waals surface area contributed by atoms with Crippen LogP contribution < -0.4 is 0 Å². The fraction of sp³-hybridized carbons (Fsp3) is 0.455. The molecule has 0 atom stereocenters. The van der Waals surface area contributed by atoms with Gasteiger partial charge in [-0.2, -0.15) is 4.98 Å². The smallest absolute Gasteiger partial charge is 0.276 e. The van der Waals surface area contributed by atoms with Crippen molar-refractivity contribution < 1.29 is 13.8 Å². The van der Waals surface area contributed by atoms with Crippen LogP contribution in [0, 0.1) is 13.8 Å². The van der Waals surface area contributed by atoms with Gasteiger partial charge in [-0.25, -0.2) is 0 Å². The minimum atomic E-state index is -0.126. The summed E-state index contributed by atoms with van der Waals surface area (Å²) in [5.74, 6) is 1.83. The topological polar surface area (TPSA) is 85.3 Å². The predicted molar refractivity (Wildman–Crippen MR) is 58.9 cm³/mol. The van der Waals surface area contributed by atoms with Gasteiger partial charge in [0, 0.05) is 19.2 Å². The van der Waals surface area contributed by atoms with Gasteiger partial charge >= 0.3 is 0 Å². The maximum absolute atomic E-state index is 12.0. The SMILES string of the molecule is Cc1noc(C2CN(C(=O)c3cc(C)on3)C2)n1. The van der Waals surface area contributed by atoms with Gasteiger partial charge in [0.25, 0.3) is 5.91 Å². The molecule has 0 saturated carbocycles. The lowest BCUT2D eigenvalue weighted by atomic mass is 10.00. The molecule has 7 heteroatoms. The number of nitrogens with zero attached hydrogens (tertiary/aromatic N) is 4. The number of likely N-dealkylation sites (tertiary alicyclic amines) is 1. The Morgan fingerprint density at radius 1 is 1.33 bits per heavy atom. The molecule has 0 spiro atoms. The average molecular weight is 248 g/mol. The number of hydrogen-bond acceptors (Lipinski definition) is 6. The van der Waals surface area contributed by atoms with E-state index in [1.54, 1.807) is 24.8 Å². The molecular formula is C11H12N4O3. The molecule has 94 valence electrons. The molecule has 0 bridgehead atoms. The second-order valence-electron chi connectivity index (χ2n) is 4.41. The molecule has 1 fully saturated rings. The zero-order valence-corrected chi connectivity index (χ0v) is 10.1. The van der Waals surface area contributed by atoms with E-state index >= 15 is 0 Å². The molecule has 2 aromatic rings. The number of rotatable bonds is 2. The first-order valence-electron chi connectivity index (χ1n) is 5.66. The van der Waals surface area contributed by atoms with Crippen molar-refractivity contribution >= 4 is 5.91 Å². The summed E-state index contributed by atoms with van der Waals surface area (Å²) < 4.78 is 9.95. The van der Waals surface area contributed by atoms with E-state index in [4.69, 9.17) is 9.05 Å². The van der Waals surface area contributed by atoms with Crippen molar-refractivity contribution in [3.63, 3.8) is 0 Å². The Morgan fingerprint density at radius 2 is 2.11 bits per heavy atom. The van der Waals surface area contributed by atoms with Crippen molar-refractivity contribution in [1.29, 1.82) is 0 Å². The lowest BCUT2D eigenvalue weighted by Gasteiger charge is -2.36. The highest BCUT2D eigenvalue weighted by Gasteiger charge is 2.36. The number of carbonyl (C=O) groups excluding carboxylic acids is 1. The van der Waals surface area contributed by atoms with Crippen molar-refractivity contribution in [2.75, 3.05) is 13.1 Å². The number of aromatic nitrogens is 3. The Kier molecular flexibility index (Phi) is 2.39. The van der Waals surface area contributed by atoms with E-state index in [0.717, 1.165) is 0 Å². The first kappa shape index (κ1) is 10.9. The Hall–Kier alpha value is -2.18. The quantitative estimate of drug-likeness (QED) is 0.785. The summed E-state index contributed by atoms with van der Waals surface area (Å²) in [6.07, 6.45) is 0. The Balaban J connectivity index is 1.64. The van der Waals surface area contributed by atoms with Crippen LogP contribution in [0.25, 0.3) is 0 Å². The summed E-state index contributed by atoms with van der Waals surface area (Å²) >= 11 is 0. The zero-order valence-electron chi connectivity index (χ0n) is 10.1. The molecule has 7 nitrogen and oxygen atoms in total. The molecule has 0 aliphatic carbocycles. The summed E-state index contributed by atoms with van der Waals surface area (Å²) in [7, 11) is 0. The van der Waals surface area contributed by atoms with Crippen LogP contribution in [0.3, 0.4) is 0 Å². The summed E-state index contributed by atoms with van der Waals surface area (Å²) in [4.78, 5) is 17.8. The third-order valence-electron chi connectivity index (χ3n) is 2.91. The van der Waals surface area contributed by atoms with Crippen LogP contribution in [0.4, 0.5) is 0 Å². The van der Waals surface area contributed by atoms with Crippen LogP contribution in [0.5, 0.6) is 0 Å². The summed E-state index contributed by atoms with van der Waals surface area (Å²) in [6.45, 7) is 4.68. The number of carbonyl (C=O) groups is 1. The van der Waals surface area contributed by atoms with Gasteiger partial charge < -0.3 is 13.9 Å². The molecule has 0 N–H and O–H groups in total. The average Bonchev–Trinajstić information content (AvgIpc) is 2.85. The van der Waals surface area contributed by atoms with Crippen LogP contribution in [0.2, 0.25) is 0 Å². The van der Waals surface area contributed by atoms with E-state index in [-0.39, 0.29) is 11.8 Å².